The van der Waals surface area contributed by atoms with Crippen LogP contribution >= 0.6 is 39.1 Å². The second-order valence-electron chi connectivity index (χ2n) is 4.03. The Morgan fingerprint density at radius 2 is 1.71 bits per heavy atom. The number of aliphatic carboxylic acids is 1. The number of rotatable bonds is 4. The average molecular weight is 388 g/mol. The summed E-state index contributed by atoms with van der Waals surface area (Å²) in [6.07, 6.45) is 2.45. The minimum atomic E-state index is -1.05. The van der Waals surface area contributed by atoms with Crippen LogP contribution in [-0.2, 0) is 4.79 Å². The monoisotopic (exact) mass is 386 g/mol. The standard InChI is InChI=1S/C15H9BrCl2O3/c16-12-8-11(18)3-5-14(12)21-13-4-2-10(17)7-9(13)1-6-15(19)20/h1-8H,(H,19,20)/b6-1+. The fourth-order valence-electron chi connectivity index (χ4n) is 1.58. The lowest BCUT2D eigenvalue weighted by atomic mass is 10.2. The van der Waals surface area contributed by atoms with Gasteiger partial charge in [-0.1, -0.05) is 23.2 Å². The number of benzene rings is 2. The van der Waals surface area contributed by atoms with Crippen molar-refractivity contribution in [1.82, 2.24) is 0 Å². The molecule has 6 heteroatoms. The molecular formula is C15H9BrCl2O3. The number of carbonyl (C=O) groups is 1. The maximum atomic E-state index is 10.6. The van der Waals surface area contributed by atoms with E-state index in [9.17, 15) is 4.79 Å². The zero-order chi connectivity index (χ0) is 15.4. The van der Waals surface area contributed by atoms with Crippen molar-refractivity contribution in [2.45, 2.75) is 0 Å². The third kappa shape index (κ3) is 4.49. The van der Waals surface area contributed by atoms with Crippen molar-refractivity contribution in [2.24, 2.45) is 0 Å². The van der Waals surface area contributed by atoms with Crippen molar-refractivity contribution in [3.05, 3.63) is 62.6 Å². The third-order valence-electron chi connectivity index (χ3n) is 2.49. The third-order valence-corrected chi connectivity index (χ3v) is 3.58. The van der Waals surface area contributed by atoms with Gasteiger partial charge in [-0.2, -0.15) is 0 Å². The molecule has 0 spiro atoms. The molecule has 0 heterocycles. The van der Waals surface area contributed by atoms with E-state index >= 15 is 0 Å². The molecule has 2 aromatic rings. The van der Waals surface area contributed by atoms with Crippen molar-refractivity contribution in [1.29, 1.82) is 0 Å². The second-order valence-corrected chi connectivity index (χ2v) is 5.76. The van der Waals surface area contributed by atoms with Gasteiger partial charge in [0.15, 0.2) is 0 Å². The topological polar surface area (TPSA) is 46.5 Å². The highest BCUT2D eigenvalue weighted by Crippen LogP contribution is 2.34. The Morgan fingerprint density at radius 1 is 1.10 bits per heavy atom. The fraction of sp³-hybridized carbons (Fsp3) is 0. The molecule has 3 nitrogen and oxygen atoms in total. The van der Waals surface area contributed by atoms with Gasteiger partial charge in [0.05, 0.1) is 4.47 Å². The van der Waals surface area contributed by atoms with Crippen molar-refractivity contribution >= 4 is 51.2 Å². The maximum Gasteiger partial charge on any atom is 0.328 e. The molecule has 0 atom stereocenters. The van der Waals surface area contributed by atoms with Crippen LogP contribution in [0, 0.1) is 0 Å². The molecule has 0 radical (unpaired) electrons. The van der Waals surface area contributed by atoms with Gasteiger partial charge in [-0.3, -0.25) is 0 Å². The van der Waals surface area contributed by atoms with Crippen molar-refractivity contribution in [3.8, 4) is 11.5 Å². The molecule has 0 saturated carbocycles. The predicted octanol–water partition coefficient (Wildman–Crippen LogP) is 5.65. The summed E-state index contributed by atoms with van der Waals surface area (Å²) in [5.74, 6) is 0.000203. The Balaban J connectivity index is 2.37. The Labute approximate surface area is 139 Å². The van der Waals surface area contributed by atoms with E-state index in [1.54, 1.807) is 36.4 Å². The highest BCUT2D eigenvalue weighted by molar-refractivity contribution is 9.10. The molecule has 0 bridgehead atoms. The quantitative estimate of drug-likeness (QED) is 0.690. The van der Waals surface area contributed by atoms with E-state index in [1.165, 1.54) is 6.08 Å². The van der Waals surface area contributed by atoms with Gasteiger partial charge >= 0.3 is 5.97 Å². The van der Waals surface area contributed by atoms with Gasteiger partial charge in [0.25, 0.3) is 0 Å². The van der Waals surface area contributed by atoms with Crippen LogP contribution < -0.4 is 4.74 Å². The average Bonchev–Trinajstić information content (AvgIpc) is 2.41. The number of hydrogen-bond donors (Lipinski definition) is 1. The second kappa shape index (κ2) is 6.98. The first kappa shape index (κ1) is 15.9. The van der Waals surface area contributed by atoms with Gasteiger partial charge in [-0.25, -0.2) is 4.79 Å². The molecule has 0 unspecified atom stereocenters. The largest absolute Gasteiger partial charge is 0.478 e. The Hall–Kier alpha value is -1.49. The van der Waals surface area contributed by atoms with Gasteiger partial charge in [0.1, 0.15) is 11.5 Å². The molecule has 21 heavy (non-hydrogen) atoms. The van der Waals surface area contributed by atoms with Crippen LogP contribution in [0.3, 0.4) is 0 Å². The van der Waals surface area contributed by atoms with Crippen LogP contribution in [-0.4, -0.2) is 11.1 Å². The molecule has 0 aromatic heterocycles. The summed E-state index contributed by atoms with van der Waals surface area (Å²) in [6.45, 7) is 0. The molecule has 1 N–H and O–H groups in total. The SMILES string of the molecule is O=C(O)/C=C/c1cc(Cl)ccc1Oc1ccc(Cl)cc1Br. The maximum absolute atomic E-state index is 10.6. The van der Waals surface area contributed by atoms with Gasteiger partial charge in [-0.15, -0.1) is 0 Å². The zero-order valence-electron chi connectivity index (χ0n) is 10.5. The normalized spacial score (nSPS) is 10.8. The molecule has 2 rings (SSSR count). The van der Waals surface area contributed by atoms with Crippen molar-refractivity contribution in [2.75, 3.05) is 0 Å². The number of carboxylic acids is 1. The minimum Gasteiger partial charge on any atom is -0.478 e. The van der Waals surface area contributed by atoms with Gasteiger partial charge in [-0.05, 0) is 58.4 Å². The first-order valence-corrected chi connectivity index (χ1v) is 7.34. The number of hydrogen-bond acceptors (Lipinski definition) is 2. The van der Waals surface area contributed by atoms with E-state index in [1.807, 2.05) is 0 Å². The smallest absolute Gasteiger partial charge is 0.328 e. The summed E-state index contributed by atoms with van der Waals surface area (Å²) in [5.41, 5.74) is 0.562. The summed E-state index contributed by atoms with van der Waals surface area (Å²) < 4.78 is 6.47. The van der Waals surface area contributed by atoms with Crippen LogP contribution in [0.1, 0.15) is 5.56 Å². The van der Waals surface area contributed by atoms with Gasteiger partial charge in [0, 0.05) is 21.7 Å². The van der Waals surface area contributed by atoms with E-state index in [-0.39, 0.29) is 0 Å². The van der Waals surface area contributed by atoms with Gasteiger partial charge < -0.3 is 9.84 Å². The van der Waals surface area contributed by atoms with E-state index in [0.717, 1.165) is 6.08 Å². The van der Waals surface area contributed by atoms with Gasteiger partial charge in [0.2, 0.25) is 0 Å². The van der Waals surface area contributed by atoms with E-state index in [4.69, 9.17) is 33.0 Å². The number of halogens is 3. The summed E-state index contributed by atoms with van der Waals surface area (Å²) in [5, 5.41) is 9.79. The summed E-state index contributed by atoms with van der Waals surface area (Å²) >= 11 is 15.2. The van der Waals surface area contributed by atoms with E-state index < -0.39 is 5.97 Å². The lowest BCUT2D eigenvalue weighted by molar-refractivity contribution is -0.131. The molecule has 0 aliphatic carbocycles. The van der Waals surface area contributed by atoms with Crippen LogP contribution in [0.15, 0.2) is 46.9 Å². The highest BCUT2D eigenvalue weighted by Gasteiger charge is 2.08. The molecule has 0 aliphatic heterocycles. The Kier molecular flexibility index (Phi) is 5.28. The zero-order valence-corrected chi connectivity index (χ0v) is 13.6. The predicted molar refractivity (Wildman–Crippen MR) is 87.3 cm³/mol. The van der Waals surface area contributed by atoms with Crippen molar-refractivity contribution in [3.63, 3.8) is 0 Å². The van der Waals surface area contributed by atoms with E-state index in [2.05, 4.69) is 15.9 Å². The molecular weight excluding hydrogens is 379 g/mol. The Morgan fingerprint density at radius 3 is 2.33 bits per heavy atom. The lowest BCUT2D eigenvalue weighted by Crippen LogP contribution is -1.90. The van der Waals surface area contributed by atoms with Crippen LogP contribution in [0.25, 0.3) is 6.08 Å². The lowest BCUT2D eigenvalue weighted by Gasteiger charge is -2.11. The molecule has 0 amide bonds. The molecule has 0 aliphatic rings. The first-order chi connectivity index (χ1) is 9.95. The summed E-state index contributed by atoms with van der Waals surface area (Å²) in [6, 6.07) is 10.1. The number of carboxylic acid groups (broad SMARTS) is 1. The summed E-state index contributed by atoms with van der Waals surface area (Å²) in [7, 11) is 0. The first-order valence-electron chi connectivity index (χ1n) is 5.79. The van der Waals surface area contributed by atoms with Crippen LogP contribution in [0.2, 0.25) is 10.0 Å². The summed E-state index contributed by atoms with van der Waals surface area (Å²) in [4.78, 5) is 10.6. The fourth-order valence-corrected chi connectivity index (χ4v) is 2.52. The molecule has 2 aromatic carbocycles. The molecule has 108 valence electrons. The Bertz CT molecular complexity index is 714. The molecule has 0 fully saturated rings. The van der Waals surface area contributed by atoms with Crippen molar-refractivity contribution < 1.29 is 14.6 Å². The van der Waals surface area contributed by atoms with Crippen LogP contribution in [0.4, 0.5) is 0 Å². The van der Waals surface area contributed by atoms with Crippen LogP contribution in [0.5, 0.6) is 11.5 Å². The molecule has 0 saturated heterocycles. The highest BCUT2D eigenvalue weighted by atomic mass is 79.9. The van der Waals surface area contributed by atoms with E-state index in [0.29, 0.717) is 31.6 Å². The minimum absolute atomic E-state index is 0.486. The number of ether oxygens (including phenoxy) is 1.